The van der Waals surface area contributed by atoms with Crippen LogP contribution in [0.4, 0.5) is 0 Å². The Balaban J connectivity index is 0.000000205. The molecule has 0 aliphatic rings. The summed E-state index contributed by atoms with van der Waals surface area (Å²) < 4.78 is 21.4. The Kier molecular flexibility index (Phi) is 4.17. The highest BCUT2D eigenvalue weighted by Crippen LogP contribution is 2.00. The summed E-state index contributed by atoms with van der Waals surface area (Å²) in [5.74, 6) is 0. The maximum atomic E-state index is 11.4. The number of hydrogen-bond acceptors (Lipinski definition) is 4. The number of fused-ring (bicyclic) bond motifs is 1. The lowest BCUT2D eigenvalue weighted by Crippen LogP contribution is -2.45. The van der Waals surface area contributed by atoms with E-state index < -0.39 is 21.6 Å². The Morgan fingerprint density at radius 1 is 0.650 bits per heavy atom. The molecular weight excluding hydrogens is 278 g/mol. The van der Waals surface area contributed by atoms with Crippen LogP contribution in [0.2, 0.25) is 0 Å². The van der Waals surface area contributed by atoms with E-state index >= 15 is 0 Å². The molecule has 5 nitrogen and oxygen atoms in total. The van der Waals surface area contributed by atoms with E-state index in [-0.39, 0.29) is 14.4 Å². The predicted octanol–water partition coefficient (Wildman–Crippen LogP) is 0.333. The zero-order valence-corrected chi connectivity index (χ0v) is 11.1. The number of hydrogen-bond donors (Lipinski definition) is 0. The van der Waals surface area contributed by atoms with Gasteiger partial charge in [0, 0.05) is 3.61 Å². The van der Waals surface area contributed by atoms with Gasteiger partial charge >= 0.3 is 21.6 Å². The molecule has 0 spiro atoms. The van der Waals surface area contributed by atoms with Crippen molar-refractivity contribution in [3.8, 4) is 0 Å². The van der Waals surface area contributed by atoms with Gasteiger partial charge in [-0.05, 0) is 12.1 Å². The highest BCUT2D eigenvalue weighted by atomic mass is 32.2. The van der Waals surface area contributed by atoms with E-state index in [9.17, 15) is 18.0 Å². The maximum Gasteiger partial charge on any atom is 0.477 e. The lowest BCUT2D eigenvalue weighted by Gasteiger charge is -1.76. The SMILES string of the molecule is O=c1c2ccccc2c(=O)[n+]1=S(=O)=O.c1ccccc1. The summed E-state index contributed by atoms with van der Waals surface area (Å²) in [5.41, 5.74) is -1.59. The van der Waals surface area contributed by atoms with E-state index in [4.69, 9.17) is 0 Å². The molecule has 0 saturated carbocycles. The van der Waals surface area contributed by atoms with E-state index in [0.717, 1.165) is 0 Å². The van der Waals surface area contributed by atoms with Crippen LogP contribution in [-0.4, -0.2) is 8.42 Å². The Morgan fingerprint density at radius 3 is 1.30 bits per heavy atom. The predicted molar refractivity (Wildman–Crippen MR) is 74.2 cm³/mol. The van der Waals surface area contributed by atoms with Gasteiger partial charge in [0.2, 0.25) is 0 Å². The summed E-state index contributed by atoms with van der Waals surface area (Å²) >= 11 is 0. The van der Waals surface area contributed by atoms with Crippen LogP contribution >= 0.6 is 0 Å². The Hall–Kier alpha value is -2.60. The van der Waals surface area contributed by atoms with Crippen molar-refractivity contribution in [2.75, 3.05) is 0 Å². The summed E-state index contributed by atoms with van der Waals surface area (Å²) in [5, 5.41) is 0.253. The molecule has 0 saturated heterocycles. The van der Waals surface area contributed by atoms with Crippen molar-refractivity contribution in [1.29, 1.82) is 0 Å². The largest absolute Gasteiger partial charge is 0.477 e. The van der Waals surface area contributed by atoms with E-state index in [2.05, 4.69) is 0 Å². The molecule has 20 heavy (non-hydrogen) atoms. The van der Waals surface area contributed by atoms with Gasteiger partial charge in [-0.15, -0.1) is 8.42 Å². The molecule has 100 valence electrons. The Bertz CT molecular complexity index is 900. The molecular formula is C14H10NO4S+. The van der Waals surface area contributed by atoms with Crippen LogP contribution in [0, 0.1) is 0 Å². The first kappa shape index (κ1) is 13.8. The van der Waals surface area contributed by atoms with Crippen molar-refractivity contribution in [3.63, 3.8) is 0 Å². The van der Waals surface area contributed by atoms with E-state index in [0.29, 0.717) is 0 Å². The molecule has 0 unspecified atom stereocenters. The molecule has 0 radical (unpaired) electrons. The fourth-order valence-corrected chi connectivity index (χ4v) is 2.15. The quantitative estimate of drug-likeness (QED) is 0.559. The zero-order valence-electron chi connectivity index (χ0n) is 10.3. The van der Waals surface area contributed by atoms with Crippen LogP contribution in [0.15, 0.2) is 70.3 Å². The van der Waals surface area contributed by atoms with Crippen LogP contribution in [0.3, 0.4) is 0 Å². The summed E-state index contributed by atoms with van der Waals surface area (Å²) in [6.07, 6.45) is 0. The molecule has 1 aromatic heterocycles. The van der Waals surface area contributed by atoms with Gasteiger partial charge in [0.05, 0.1) is 0 Å². The summed E-state index contributed by atoms with van der Waals surface area (Å²) in [6.45, 7) is 0. The third-order valence-corrected chi connectivity index (χ3v) is 3.20. The lowest BCUT2D eigenvalue weighted by molar-refractivity contribution is -0.469. The Morgan fingerprint density at radius 2 is 1.00 bits per heavy atom. The standard InChI is InChI=1S/C8H4NO4S.C6H6/c10-7-5-3-1-2-4-6(5)8(11)9(7)14(12)13;1-2-4-6-5-3-1/h1-4H;1-6H/q+1;. The van der Waals surface area contributed by atoms with Gasteiger partial charge in [0.25, 0.3) is 0 Å². The normalized spacial score (nSPS) is 9.80. The molecule has 2 aromatic carbocycles. The minimum Gasteiger partial charge on any atom is -0.212 e. The van der Waals surface area contributed by atoms with E-state index in [1.165, 1.54) is 12.1 Å². The molecule has 0 bridgehead atoms. The van der Waals surface area contributed by atoms with Gasteiger partial charge in [-0.2, -0.15) is 0 Å². The molecule has 1 heterocycles. The van der Waals surface area contributed by atoms with Crippen molar-refractivity contribution < 1.29 is 12.0 Å². The molecule has 6 heteroatoms. The minimum absolute atomic E-state index is 0.127. The van der Waals surface area contributed by atoms with Gasteiger partial charge < -0.3 is 0 Å². The maximum absolute atomic E-state index is 11.4. The van der Waals surface area contributed by atoms with Crippen LogP contribution in [0.1, 0.15) is 0 Å². The fraction of sp³-hybridized carbons (Fsp3) is 0. The number of benzene rings is 2. The number of aromatic nitrogens is 1. The average molecular weight is 288 g/mol. The van der Waals surface area contributed by atoms with Crippen molar-refractivity contribution in [2.45, 2.75) is 0 Å². The molecule has 0 amide bonds. The second kappa shape index (κ2) is 6.03. The molecule has 0 fully saturated rings. The van der Waals surface area contributed by atoms with Gasteiger partial charge in [0.1, 0.15) is 10.8 Å². The van der Waals surface area contributed by atoms with Crippen molar-refractivity contribution in [2.24, 2.45) is 0 Å². The van der Waals surface area contributed by atoms with Gasteiger partial charge in [-0.3, -0.25) is 0 Å². The topological polar surface area (TPSA) is 74.2 Å². The number of rotatable bonds is 0. The highest BCUT2D eigenvalue weighted by Gasteiger charge is 2.19. The summed E-state index contributed by atoms with van der Waals surface area (Å²) in [4.78, 5) is 22.7. The van der Waals surface area contributed by atoms with Gasteiger partial charge in [-0.1, -0.05) is 48.5 Å². The van der Waals surface area contributed by atoms with Crippen molar-refractivity contribution in [1.82, 2.24) is 0 Å². The smallest absolute Gasteiger partial charge is 0.212 e. The molecule has 0 aliphatic carbocycles. The van der Waals surface area contributed by atoms with Crippen molar-refractivity contribution in [3.05, 3.63) is 81.4 Å². The molecule has 0 atom stereocenters. The summed E-state index contributed by atoms with van der Waals surface area (Å²) in [7, 11) is -2.84. The molecule has 0 N–H and O–H groups in total. The molecule has 3 aromatic rings. The van der Waals surface area contributed by atoms with E-state index in [1.807, 2.05) is 36.4 Å². The minimum atomic E-state index is -2.84. The van der Waals surface area contributed by atoms with Crippen LogP contribution in [0.5, 0.6) is 0 Å². The van der Waals surface area contributed by atoms with Crippen molar-refractivity contribution >= 4 is 21.3 Å². The zero-order chi connectivity index (χ0) is 14.5. The number of nitrogens with zero attached hydrogens (tertiary/aromatic N) is 1. The molecule has 3 rings (SSSR count). The second-order valence-electron chi connectivity index (χ2n) is 3.82. The monoisotopic (exact) mass is 288 g/mol. The average Bonchev–Trinajstić information content (AvgIpc) is 2.74. The van der Waals surface area contributed by atoms with Crippen LogP contribution in [-0.2, 0) is 10.5 Å². The van der Waals surface area contributed by atoms with Crippen LogP contribution in [0.25, 0.3) is 10.8 Å². The molecule has 0 aliphatic heterocycles. The third-order valence-electron chi connectivity index (χ3n) is 2.57. The lowest BCUT2D eigenvalue weighted by atomic mass is 10.2. The first-order valence-electron chi connectivity index (χ1n) is 5.70. The Labute approximate surface area is 115 Å². The van der Waals surface area contributed by atoms with Gasteiger partial charge in [0.15, 0.2) is 0 Å². The first-order chi connectivity index (χ1) is 9.63. The van der Waals surface area contributed by atoms with Crippen LogP contribution < -0.4 is 14.7 Å². The third kappa shape index (κ3) is 2.70. The first-order valence-corrected chi connectivity index (χ1v) is 6.73. The summed E-state index contributed by atoms with van der Waals surface area (Å²) in [6, 6.07) is 18.0. The highest BCUT2D eigenvalue weighted by molar-refractivity contribution is 7.58. The van der Waals surface area contributed by atoms with E-state index in [1.54, 1.807) is 12.1 Å². The van der Waals surface area contributed by atoms with Gasteiger partial charge in [-0.25, -0.2) is 9.59 Å². The fourth-order valence-electron chi connectivity index (χ4n) is 1.69. The second-order valence-corrected chi connectivity index (χ2v) is 4.62.